The van der Waals surface area contributed by atoms with Crippen LogP contribution in [-0.4, -0.2) is 50.0 Å². The van der Waals surface area contributed by atoms with E-state index in [1.165, 1.54) is 18.6 Å². The van der Waals surface area contributed by atoms with E-state index in [0.717, 1.165) is 6.42 Å². The van der Waals surface area contributed by atoms with Gasteiger partial charge in [-0.05, 0) is 39.0 Å². The monoisotopic (exact) mass is 506 g/mol. The molecule has 5 rings (SSSR count). The number of ether oxygens (including phenoxy) is 3. The molecule has 1 N–H and O–H groups in total. The van der Waals surface area contributed by atoms with Crippen LogP contribution in [0.25, 0.3) is 10.9 Å². The molecule has 0 saturated carbocycles. The first-order valence-electron chi connectivity index (χ1n) is 11.9. The normalized spacial score (nSPS) is 15.6. The lowest BCUT2D eigenvalue weighted by atomic mass is 10.1. The molecule has 192 valence electrons. The molecule has 0 aliphatic carbocycles. The predicted octanol–water partition coefficient (Wildman–Crippen LogP) is 4.26. The average molecular weight is 507 g/mol. The molecule has 1 aliphatic rings. The fraction of sp³-hybridized carbons (Fsp3) is 0.346. The first-order chi connectivity index (χ1) is 17.7. The van der Waals surface area contributed by atoms with Crippen LogP contribution in [0.1, 0.15) is 32.9 Å². The molecule has 3 aromatic heterocycles. The summed E-state index contributed by atoms with van der Waals surface area (Å²) in [5.74, 6) is -0.0529. The number of carbonyl (C=O) groups is 1. The minimum Gasteiger partial charge on any atom is -0.488 e. The number of amides is 1. The Morgan fingerprint density at radius 3 is 2.78 bits per heavy atom. The third-order valence-corrected chi connectivity index (χ3v) is 5.75. The van der Waals surface area contributed by atoms with Gasteiger partial charge in [-0.1, -0.05) is 0 Å². The van der Waals surface area contributed by atoms with Crippen LogP contribution in [-0.2, 0) is 21.5 Å². The van der Waals surface area contributed by atoms with Gasteiger partial charge < -0.3 is 19.5 Å². The Balaban J connectivity index is 1.27. The number of hydrogen-bond donors (Lipinski definition) is 1. The van der Waals surface area contributed by atoms with Crippen LogP contribution in [0.2, 0.25) is 0 Å². The van der Waals surface area contributed by atoms with Gasteiger partial charge in [-0.25, -0.2) is 14.4 Å². The van der Waals surface area contributed by atoms with Crippen molar-refractivity contribution in [2.45, 2.75) is 45.3 Å². The van der Waals surface area contributed by atoms with E-state index >= 15 is 0 Å². The highest BCUT2D eigenvalue weighted by molar-refractivity contribution is 5.91. The number of anilines is 1. The number of nitrogens with one attached hydrogen (secondary N) is 1. The lowest BCUT2D eigenvalue weighted by Crippen LogP contribution is -2.22. The van der Waals surface area contributed by atoms with Crippen LogP contribution in [0.15, 0.2) is 49.2 Å². The molecule has 37 heavy (non-hydrogen) atoms. The number of rotatable bonds is 7. The van der Waals surface area contributed by atoms with E-state index in [1.54, 1.807) is 29.2 Å². The second-order valence-corrected chi connectivity index (χ2v) is 9.73. The van der Waals surface area contributed by atoms with Crippen LogP contribution >= 0.6 is 0 Å². The SMILES string of the molecule is CC(C)(C)n1cc(NC(=O)Cc2ncc(Oc3ncnc4ccc(O[C@H]5CCOC5)cc34)cc2F)cn1. The molecule has 0 spiro atoms. The van der Waals surface area contributed by atoms with Gasteiger partial charge in [0.15, 0.2) is 5.75 Å². The van der Waals surface area contributed by atoms with Crippen LogP contribution < -0.4 is 14.8 Å². The predicted molar refractivity (Wildman–Crippen MR) is 133 cm³/mol. The average Bonchev–Trinajstić information content (AvgIpc) is 3.53. The Morgan fingerprint density at radius 1 is 1.19 bits per heavy atom. The summed E-state index contributed by atoms with van der Waals surface area (Å²) in [6.45, 7) is 7.21. The second kappa shape index (κ2) is 10.1. The lowest BCUT2D eigenvalue weighted by molar-refractivity contribution is -0.115. The molecule has 1 aliphatic heterocycles. The van der Waals surface area contributed by atoms with E-state index in [4.69, 9.17) is 14.2 Å². The van der Waals surface area contributed by atoms with Gasteiger partial charge in [0.1, 0.15) is 24.0 Å². The highest BCUT2D eigenvalue weighted by atomic mass is 19.1. The third-order valence-electron chi connectivity index (χ3n) is 5.75. The van der Waals surface area contributed by atoms with E-state index in [0.29, 0.717) is 35.6 Å². The number of hydrogen-bond acceptors (Lipinski definition) is 8. The van der Waals surface area contributed by atoms with E-state index in [1.807, 2.05) is 26.8 Å². The molecule has 10 nitrogen and oxygen atoms in total. The van der Waals surface area contributed by atoms with Gasteiger partial charge in [0, 0.05) is 18.7 Å². The van der Waals surface area contributed by atoms with Gasteiger partial charge in [-0.2, -0.15) is 5.10 Å². The summed E-state index contributed by atoms with van der Waals surface area (Å²) >= 11 is 0. The van der Waals surface area contributed by atoms with Gasteiger partial charge in [-0.15, -0.1) is 0 Å². The number of aromatic nitrogens is 5. The molecule has 1 atom stereocenters. The molecule has 0 bridgehead atoms. The van der Waals surface area contributed by atoms with E-state index in [-0.39, 0.29) is 35.4 Å². The minimum absolute atomic E-state index is 0.00456. The largest absolute Gasteiger partial charge is 0.488 e. The fourth-order valence-corrected chi connectivity index (χ4v) is 3.82. The quantitative estimate of drug-likeness (QED) is 0.396. The van der Waals surface area contributed by atoms with E-state index in [9.17, 15) is 9.18 Å². The van der Waals surface area contributed by atoms with Crippen molar-refractivity contribution in [1.29, 1.82) is 0 Å². The van der Waals surface area contributed by atoms with Crippen molar-refractivity contribution >= 4 is 22.5 Å². The number of benzene rings is 1. The van der Waals surface area contributed by atoms with Crippen molar-refractivity contribution in [2.24, 2.45) is 0 Å². The van der Waals surface area contributed by atoms with Crippen LogP contribution in [0.3, 0.4) is 0 Å². The summed E-state index contributed by atoms with van der Waals surface area (Å²) in [5, 5.41) is 7.57. The molecule has 0 radical (unpaired) electrons. The van der Waals surface area contributed by atoms with Gasteiger partial charge in [0.05, 0.1) is 59.9 Å². The number of halogens is 1. The molecular weight excluding hydrogens is 479 g/mol. The van der Waals surface area contributed by atoms with Gasteiger partial charge >= 0.3 is 0 Å². The number of fused-ring (bicyclic) bond motifs is 1. The van der Waals surface area contributed by atoms with Crippen LogP contribution in [0.4, 0.5) is 10.1 Å². The molecule has 4 aromatic rings. The van der Waals surface area contributed by atoms with Gasteiger partial charge in [-0.3, -0.25) is 14.5 Å². The van der Waals surface area contributed by atoms with Crippen molar-refractivity contribution in [3.05, 3.63) is 60.7 Å². The highest BCUT2D eigenvalue weighted by Gasteiger charge is 2.19. The first-order valence-corrected chi connectivity index (χ1v) is 11.9. The Bertz CT molecular complexity index is 1430. The summed E-state index contributed by atoms with van der Waals surface area (Å²) < 4.78 is 33.7. The maximum atomic E-state index is 14.8. The van der Waals surface area contributed by atoms with Gasteiger partial charge in [0.25, 0.3) is 0 Å². The maximum absolute atomic E-state index is 14.8. The van der Waals surface area contributed by atoms with Crippen molar-refractivity contribution in [1.82, 2.24) is 24.7 Å². The zero-order valence-corrected chi connectivity index (χ0v) is 20.8. The van der Waals surface area contributed by atoms with Crippen molar-refractivity contribution in [3.8, 4) is 17.4 Å². The van der Waals surface area contributed by atoms with Gasteiger partial charge in [0.2, 0.25) is 11.8 Å². The lowest BCUT2D eigenvalue weighted by Gasteiger charge is -2.18. The summed E-state index contributed by atoms with van der Waals surface area (Å²) in [4.78, 5) is 25.0. The second-order valence-electron chi connectivity index (χ2n) is 9.73. The Morgan fingerprint density at radius 2 is 2.05 bits per heavy atom. The Hall–Kier alpha value is -4.12. The molecular formula is C26H27FN6O4. The zero-order chi connectivity index (χ0) is 26.0. The molecule has 1 aromatic carbocycles. The molecule has 11 heteroatoms. The van der Waals surface area contributed by atoms with Crippen molar-refractivity contribution in [2.75, 3.05) is 18.5 Å². The zero-order valence-electron chi connectivity index (χ0n) is 20.8. The number of carbonyl (C=O) groups excluding carboxylic acids is 1. The highest BCUT2D eigenvalue weighted by Crippen LogP contribution is 2.30. The van der Waals surface area contributed by atoms with E-state index in [2.05, 4.69) is 25.4 Å². The Kier molecular flexibility index (Phi) is 6.70. The number of nitrogens with zero attached hydrogens (tertiary/aromatic N) is 5. The van der Waals surface area contributed by atoms with Crippen LogP contribution in [0, 0.1) is 5.82 Å². The van der Waals surface area contributed by atoms with Crippen molar-refractivity contribution < 1.29 is 23.4 Å². The molecule has 0 unspecified atom stereocenters. The minimum atomic E-state index is -0.665. The molecule has 1 amide bonds. The standard InChI is InChI=1S/C26H27FN6O4/c1-26(2,3)33-13-16(11-31-33)32-24(34)10-23-21(27)9-19(12-28-23)37-25-20-8-17(36-18-6-7-35-14-18)4-5-22(20)29-15-30-25/h4-5,8-9,11-13,15,18H,6-7,10,14H2,1-3H3,(H,32,34)/t18-/m0/s1. The smallest absolute Gasteiger partial charge is 0.230 e. The topological polar surface area (TPSA) is 113 Å². The fourth-order valence-electron chi connectivity index (χ4n) is 3.82. The van der Waals surface area contributed by atoms with Crippen molar-refractivity contribution in [3.63, 3.8) is 0 Å². The summed E-state index contributed by atoms with van der Waals surface area (Å²) in [7, 11) is 0. The molecule has 1 fully saturated rings. The van der Waals surface area contributed by atoms with Crippen LogP contribution in [0.5, 0.6) is 17.4 Å². The summed E-state index contributed by atoms with van der Waals surface area (Å²) in [5.41, 5.74) is 0.951. The first kappa shape index (κ1) is 24.6. The number of pyridine rings is 1. The summed E-state index contributed by atoms with van der Waals surface area (Å²) in [6, 6.07) is 6.60. The Labute approximate surface area is 212 Å². The molecule has 4 heterocycles. The third kappa shape index (κ3) is 5.83. The van der Waals surface area contributed by atoms with E-state index < -0.39 is 11.7 Å². The molecule has 1 saturated heterocycles. The maximum Gasteiger partial charge on any atom is 0.230 e. The summed E-state index contributed by atoms with van der Waals surface area (Å²) in [6.07, 6.45) is 6.57.